The Morgan fingerprint density at radius 3 is 2.35 bits per heavy atom. The first-order valence-corrected chi connectivity index (χ1v) is 9.17. The van der Waals surface area contributed by atoms with Gasteiger partial charge in [-0.2, -0.15) is 0 Å². The zero-order valence-corrected chi connectivity index (χ0v) is 16.4. The van der Waals surface area contributed by atoms with Crippen molar-refractivity contribution in [1.82, 2.24) is 20.4 Å². The molecule has 0 aromatic heterocycles. The molecule has 1 heterocycles. The Morgan fingerprint density at radius 2 is 1.87 bits per heavy atom. The van der Waals surface area contributed by atoms with Crippen LogP contribution in [-0.2, 0) is 0 Å². The van der Waals surface area contributed by atoms with E-state index in [1.54, 1.807) is 0 Å². The fraction of sp³-hybridized carbons (Fsp3) is 0.944. The van der Waals surface area contributed by atoms with Crippen LogP contribution < -0.4 is 10.6 Å². The lowest BCUT2D eigenvalue weighted by Crippen LogP contribution is -2.50. The second-order valence-corrected chi connectivity index (χ2v) is 8.15. The lowest BCUT2D eigenvalue weighted by atomic mass is 9.93. The number of piperidine rings is 1. The van der Waals surface area contributed by atoms with Gasteiger partial charge in [-0.05, 0) is 53.1 Å². The van der Waals surface area contributed by atoms with E-state index < -0.39 is 0 Å². The number of likely N-dealkylation sites (tertiary alicyclic amines) is 1. The summed E-state index contributed by atoms with van der Waals surface area (Å²) >= 11 is 0. The maximum absolute atomic E-state index is 4.84. The second-order valence-electron chi connectivity index (χ2n) is 8.15. The van der Waals surface area contributed by atoms with Crippen molar-refractivity contribution in [2.45, 2.75) is 59.5 Å². The number of hydrogen-bond donors (Lipinski definition) is 2. The summed E-state index contributed by atoms with van der Waals surface area (Å²) in [7, 11) is 4.24. The van der Waals surface area contributed by atoms with Gasteiger partial charge < -0.3 is 20.4 Å². The minimum absolute atomic E-state index is 0.187. The normalized spacial score (nSPS) is 18.7. The Morgan fingerprint density at radius 1 is 1.26 bits per heavy atom. The van der Waals surface area contributed by atoms with Crippen molar-refractivity contribution in [3.8, 4) is 0 Å². The van der Waals surface area contributed by atoms with Crippen molar-refractivity contribution in [1.29, 1.82) is 0 Å². The van der Waals surface area contributed by atoms with Crippen molar-refractivity contribution in [3.63, 3.8) is 0 Å². The van der Waals surface area contributed by atoms with Crippen LogP contribution in [0.3, 0.4) is 0 Å². The van der Waals surface area contributed by atoms with E-state index in [9.17, 15) is 0 Å². The topological polar surface area (TPSA) is 42.9 Å². The predicted molar refractivity (Wildman–Crippen MR) is 101 cm³/mol. The van der Waals surface area contributed by atoms with Gasteiger partial charge in [0.2, 0.25) is 0 Å². The molecule has 0 amide bonds. The van der Waals surface area contributed by atoms with E-state index in [2.05, 4.69) is 69.1 Å². The molecule has 1 fully saturated rings. The summed E-state index contributed by atoms with van der Waals surface area (Å²) in [5.41, 5.74) is 0.187. The summed E-state index contributed by atoms with van der Waals surface area (Å²) in [6.07, 6.45) is 2.40. The number of nitrogens with one attached hydrogen (secondary N) is 2. The predicted octanol–water partition coefficient (Wildman–Crippen LogP) is 2.00. The molecular formula is C18H39N5. The van der Waals surface area contributed by atoms with Crippen LogP contribution in [0.4, 0.5) is 0 Å². The fourth-order valence-electron chi connectivity index (χ4n) is 3.27. The number of nitrogens with zero attached hydrogens (tertiary/aromatic N) is 3. The molecular weight excluding hydrogens is 286 g/mol. The third-order valence-electron chi connectivity index (χ3n) is 4.35. The second kappa shape index (κ2) is 9.48. The summed E-state index contributed by atoms with van der Waals surface area (Å²) in [6.45, 7) is 16.4. The highest BCUT2D eigenvalue weighted by Crippen LogP contribution is 2.16. The Hall–Kier alpha value is -0.810. The number of guanidine groups is 1. The third-order valence-corrected chi connectivity index (χ3v) is 4.35. The van der Waals surface area contributed by atoms with Crippen molar-refractivity contribution in [3.05, 3.63) is 0 Å². The fourth-order valence-corrected chi connectivity index (χ4v) is 3.27. The van der Waals surface area contributed by atoms with Crippen LogP contribution in [0.2, 0.25) is 0 Å². The molecule has 23 heavy (non-hydrogen) atoms. The monoisotopic (exact) mass is 325 g/mol. The summed E-state index contributed by atoms with van der Waals surface area (Å²) in [4.78, 5) is 9.63. The van der Waals surface area contributed by atoms with E-state index in [0.29, 0.717) is 12.1 Å². The molecule has 0 aliphatic carbocycles. The lowest BCUT2D eigenvalue weighted by Gasteiger charge is -2.35. The zero-order valence-electron chi connectivity index (χ0n) is 16.4. The van der Waals surface area contributed by atoms with E-state index >= 15 is 0 Å². The van der Waals surface area contributed by atoms with Gasteiger partial charge in [0.15, 0.2) is 5.96 Å². The van der Waals surface area contributed by atoms with E-state index in [-0.39, 0.29) is 5.41 Å². The summed E-state index contributed by atoms with van der Waals surface area (Å²) in [5, 5.41) is 7.04. The molecule has 1 aliphatic rings. The van der Waals surface area contributed by atoms with E-state index in [1.807, 2.05) is 0 Å². The molecule has 0 unspecified atom stereocenters. The molecule has 1 saturated heterocycles. The van der Waals surface area contributed by atoms with Crippen molar-refractivity contribution in [2.75, 3.05) is 46.8 Å². The SMILES string of the molecule is CCNC(=NCC(C)(C)CN(C)C)NC1CCN(C(C)C)CC1. The molecule has 0 spiro atoms. The van der Waals surface area contributed by atoms with Crippen molar-refractivity contribution in [2.24, 2.45) is 10.4 Å². The number of rotatable bonds is 7. The average Bonchev–Trinajstić information content (AvgIpc) is 2.44. The number of hydrogen-bond acceptors (Lipinski definition) is 3. The van der Waals surface area contributed by atoms with Gasteiger partial charge in [0.1, 0.15) is 0 Å². The molecule has 5 heteroatoms. The lowest BCUT2D eigenvalue weighted by molar-refractivity contribution is 0.167. The Bertz CT molecular complexity index is 354. The molecule has 1 aliphatic heterocycles. The highest BCUT2D eigenvalue weighted by atomic mass is 15.2. The van der Waals surface area contributed by atoms with Crippen LogP contribution in [0.5, 0.6) is 0 Å². The van der Waals surface area contributed by atoms with Crippen LogP contribution in [0, 0.1) is 5.41 Å². The van der Waals surface area contributed by atoms with E-state index in [1.165, 1.54) is 25.9 Å². The maximum atomic E-state index is 4.84. The first-order valence-electron chi connectivity index (χ1n) is 9.17. The minimum atomic E-state index is 0.187. The highest BCUT2D eigenvalue weighted by molar-refractivity contribution is 5.80. The van der Waals surface area contributed by atoms with E-state index in [4.69, 9.17) is 4.99 Å². The van der Waals surface area contributed by atoms with Gasteiger partial charge in [-0.15, -0.1) is 0 Å². The van der Waals surface area contributed by atoms with E-state index in [0.717, 1.165) is 25.6 Å². The van der Waals surface area contributed by atoms with Crippen LogP contribution >= 0.6 is 0 Å². The molecule has 0 bridgehead atoms. The highest BCUT2D eigenvalue weighted by Gasteiger charge is 2.22. The number of aliphatic imine (C=N–C) groups is 1. The van der Waals surface area contributed by atoms with Crippen LogP contribution in [0.25, 0.3) is 0 Å². The first-order chi connectivity index (χ1) is 10.7. The molecule has 0 saturated carbocycles. The third kappa shape index (κ3) is 8.02. The molecule has 5 nitrogen and oxygen atoms in total. The molecule has 1 rings (SSSR count). The van der Waals surface area contributed by atoms with Gasteiger partial charge in [-0.3, -0.25) is 4.99 Å². The molecule has 0 aromatic rings. The van der Waals surface area contributed by atoms with Gasteiger partial charge in [0.05, 0.1) is 0 Å². The average molecular weight is 326 g/mol. The molecule has 0 radical (unpaired) electrons. The standard InChI is InChI=1S/C18H39N5/c1-8-19-17(20-13-18(4,5)14-22(6)7)21-16-9-11-23(12-10-16)15(2)3/h15-16H,8-14H2,1-7H3,(H2,19,20,21). The maximum Gasteiger partial charge on any atom is 0.191 e. The molecule has 0 atom stereocenters. The Balaban J connectivity index is 2.53. The van der Waals surface area contributed by atoms with Crippen LogP contribution in [0.15, 0.2) is 4.99 Å². The summed E-state index contributed by atoms with van der Waals surface area (Å²) in [5.74, 6) is 0.974. The smallest absolute Gasteiger partial charge is 0.191 e. The van der Waals surface area contributed by atoms with Gasteiger partial charge >= 0.3 is 0 Å². The van der Waals surface area contributed by atoms with Gasteiger partial charge in [0, 0.05) is 44.8 Å². The quantitative estimate of drug-likeness (QED) is 0.555. The molecule has 0 aromatic carbocycles. The van der Waals surface area contributed by atoms with Gasteiger partial charge in [0.25, 0.3) is 0 Å². The Kier molecular flexibility index (Phi) is 8.34. The molecule has 2 N–H and O–H groups in total. The van der Waals surface area contributed by atoms with Crippen LogP contribution in [-0.4, -0.2) is 74.7 Å². The largest absolute Gasteiger partial charge is 0.357 e. The van der Waals surface area contributed by atoms with Gasteiger partial charge in [-0.25, -0.2) is 0 Å². The summed E-state index contributed by atoms with van der Waals surface area (Å²) in [6, 6.07) is 1.20. The van der Waals surface area contributed by atoms with Gasteiger partial charge in [-0.1, -0.05) is 13.8 Å². The first kappa shape index (κ1) is 20.2. The summed E-state index contributed by atoms with van der Waals surface area (Å²) < 4.78 is 0. The zero-order chi connectivity index (χ0) is 17.5. The van der Waals surface area contributed by atoms with Crippen LogP contribution in [0.1, 0.15) is 47.5 Å². The van der Waals surface area contributed by atoms with Crippen molar-refractivity contribution < 1.29 is 0 Å². The minimum Gasteiger partial charge on any atom is -0.357 e. The van der Waals surface area contributed by atoms with Crippen molar-refractivity contribution >= 4 is 5.96 Å². The Labute approximate surface area is 143 Å². The molecule has 136 valence electrons.